The molecule has 0 spiro atoms. The predicted molar refractivity (Wildman–Crippen MR) is 32.8 cm³/mol. The zero-order valence-electron chi connectivity index (χ0n) is 5.95. The van der Waals surface area contributed by atoms with Crippen LogP contribution in [0.1, 0.15) is 0 Å². The monoisotopic (exact) mass is 176 g/mol. The number of hydrogen-bond donors (Lipinski definition) is 3. The fourth-order valence-electron chi connectivity index (χ4n) is 1.40. The molecule has 2 saturated heterocycles. The summed E-state index contributed by atoms with van der Waals surface area (Å²) in [6.07, 6.45) is -5.94. The Morgan fingerprint density at radius 1 is 1.17 bits per heavy atom. The molecule has 5 atom stereocenters. The molecule has 3 N–H and O–H groups in total. The molecular weight excluding hydrogens is 168 g/mol. The van der Waals surface area contributed by atoms with Gasteiger partial charge in [0.05, 0.1) is 0 Å². The summed E-state index contributed by atoms with van der Waals surface area (Å²) < 4.78 is 9.25. The van der Waals surface area contributed by atoms with E-state index in [9.17, 15) is 4.79 Å². The van der Waals surface area contributed by atoms with Gasteiger partial charge in [0.2, 0.25) is 0 Å². The van der Waals surface area contributed by atoms with Crippen LogP contribution < -0.4 is 0 Å². The van der Waals surface area contributed by atoms with E-state index >= 15 is 0 Å². The zero-order chi connectivity index (χ0) is 8.88. The number of fused-ring (bicyclic) bond motifs is 1. The fourth-order valence-corrected chi connectivity index (χ4v) is 1.40. The number of aliphatic hydroxyl groups is 3. The maximum Gasteiger partial charge on any atom is 0.338 e. The first-order chi connectivity index (χ1) is 5.61. The van der Waals surface area contributed by atoms with E-state index in [1.807, 2.05) is 0 Å². The SMILES string of the molecule is O=C1O[C@@H]2[C@@H](OC(O)[C@H]2O)[C@H]1O. The molecule has 0 aromatic heterocycles. The number of ether oxygens (including phenoxy) is 2. The van der Waals surface area contributed by atoms with E-state index in [1.54, 1.807) is 0 Å². The molecular formula is C6H8O6. The Morgan fingerprint density at radius 3 is 2.42 bits per heavy atom. The van der Waals surface area contributed by atoms with Crippen molar-refractivity contribution >= 4 is 5.97 Å². The molecule has 0 radical (unpaired) electrons. The zero-order valence-corrected chi connectivity index (χ0v) is 5.95. The minimum Gasteiger partial charge on any atom is -0.454 e. The molecule has 0 aromatic carbocycles. The molecule has 2 aliphatic heterocycles. The Morgan fingerprint density at radius 2 is 1.83 bits per heavy atom. The van der Waals surface area contributed by atoms with Gasteiger partial charge in [-0.2, -0.15) is 0 Å². The van der Waals surface area contributed by atoms with Crippen molar-refractivity contribution in [2.75, 3.05) is 0 Å². The van der Waals surface area contributed by atoms with Gasteiger partial charge in [0, 0.05) is 0 Å². The molecule has 6 heteroatoms. The Kier molecular flexibility index (Phi) is 1.58. The lowest BCUT2D eigenvalue weighted by atomic mass is 10.1. The number of aliphatic hydroxyl groups excluding tert-OH is 3. The van der Waals surface area contributed by atoms with Gasteiger partial charge in [-0.1, -0.05) is 0 Å². The Bertz CT molecular complexity index is 216. The van der Waals surface area contributed by atoms with Gasteiger partial charge in [0.1, 0.15) is 12.2 Å². The Balaban J connectivity index is 2.19. The topological polar surface area (TPSA) is 96.2 Å². The maximum atomic E-state index is 10.7. The molecule has 2 heterocycles. The summed E-state index contributed by atoms with van der Waals surface area (Å²) in [6.45, 7) is 0. The molecule has 12 heavy (non-hydrogen) atoms. The average Bonchev–Trinajstić information content (AvgIpc) is 2.43. The summed E-state index contributed by atoms with van der Waals surface area (Å²) in [5, 5.41) is 27.2. The third-order valence-corrected chi connectivity index (χ3v) is 2.05. The van der Waals surface area contributed by atoms with Crippen LogP contribution in [0.25, 0.3) is 0 Å². The normalized spacial score (nSPS) is 52.2. The summed E-state index contributed by atoms with van der Waals surface area (Å²) in [7, 11) is 0. The highest BCUT2D eigenvalue weighted by molar-refractivity contribution is 5.78. The first-order valence-electron chi connectivity index (χ1n) is 3.51. The third kappa shape index (κ3) is 0.862. The minimum absolute atomic E-state index is 0.823. The van der Waals surface area contributed by atoms with E-state index in [1.165, 1.54) is 0 Å². The molecule has 0 aliphatic carbocycles. The van der Waals surface area contributed by atoms with Crippen LogP contribution in [0.5, 0.6) is 0 Å². The molecule has 0 aromatic rings. The van der Waals surface area contributed by atoms with Crippen LogP contribution >= 0.6 is 0 Å². The van der Waals surface area contributed by atoms with Crippen molar-refractivity contribution in [2.24, 2.45) is 0 Å². The lowest BCUT2D eigenvalue weighted by Crippen LogP contribution is -2.32. The van der Waals surface area contributed by atoms with Gasteiger partial charge >= 0.3 is 5.97 Å². The van der Waals surface area contributed by atoms with Crippen molar-refractivity contribution in [2.45, 2.75) is 30.7 Å². The standard InChI is InChI=1S/C6H8O6/c7-1-3-4(12-5(1)9)2(8)6(10)11-3/h1-5,7-9H/t1-,2+,3-,4-,5?/m0/s1. The third-order valence-electron chi connectivity index (χ3n) is 2.05. The van der Waals surface area contributed by atoms with Crippen molar-refractivity contribution < 1.29 is 29.6 Å². The second-order valence-electron chi connectivity index (χ2n) is 2.83. The van der Waals surface area contributed by atoms with E-state index in [0.29, 0.717) is 0 Å². The molecule has 2 aliphatic rings. The lowest BCUT2D eigenvalue weighted by Gasteiger charge is -2.10. The second-order valence-corrected chi connectivity index (χ2v) is 2.83. The van der Waals surface area contributed by atoms with Crippen LogP contribution in [-0.4, -0.2) is 52.0 Å². The summed E-state index contributed by atoms with van der Waals surface area (Å²) in [5.41, 5.74) is 0. The van der Waals surface area contributed by atoms with Gasteiger partial charge in [-0.15, -0.1) is 0 Å². The number of esters is 1. The summed E-state index contributed by atoms with van der Waals surface area (Å²) >= 11 is 0. The van der Waals surface area contributed by atoms with Crippen molar-refractivity contribution in [3.63, 3.8) is 0 Å². The number of carbonyl (C=O) groups is 1. The predicted octanol–water partition coefficient (Wildman–Crippen LogP) is -2.65. The smallest absolute Gasteiger partial charge is 0.338 e. The number of rotatable bonds is 0. The Labute approximate surface area is 67.3 Å². The quantitative estimate of drug-likeness (QED) is 0.349. The fraction of sp³-hybridized carbons (Fsp3) is 0.833. The number of hydrogen-bond acceptors (Lipinski definition) is 6. The van der Waals surface area contributed by atoms with Gasteiger partial charge in [-0.3, -0.25) is 0 Å². The van der Waals surface area contributed by atoms with E-state index in [-0.39, 0.29) is 0 Å². The van der Waals surface area contributed by atoms with Gasteiger partial charge in [-0.05, 0) is 0 Å². The molecule has 0 amide bonds. The first-order valence-corrected chi connectivity index (χ1v) is 3.51. The highest BCUT2D eigenvalue weighted by atomic mass is 16.7. The summed E-state index contributed by atoms with van der Waals surface area (Å²) in [4.78, 5) is 10.7. The second kappa shape index (κ2) is 2.40. The largest absolute Gasteiger partial charge is 0.454 e. The van der Waals surface area contributed by atoms with E-state index in [4.69, 9.17) is 15.3 Å². The van der Waals surface area contributed by atoms with Gasteiger partial charge in [0.25, 0.3) is 0 Å². The van der Waals surface area contributed by atoms with Gasteiger partial charge in [-0.25, -0.2) is 4.79 Å². The summed E-state index contributed by atoms with van der Waals surface area (Å²) in [6, 6.07) is 0. The van der Waals surface area contributed by atoms with Crippen LogP contribution in [0, 0.1) is 0 Å². The number of carbonyl (C=O) groups excluding carboxylic acids is 1. The maximum absolute atomic E-state index is 10.7. The molecule has 68 valence electrons. The van der Waals surface area contributed by atoms with E-state index in [0.717, 1.165) is 0 Å². The van der Waals surface area contributed by atoms with Gasteiger partial charge < -0.3 is 24.8 Å². The van der Waals surface area contributed by atoms with Crippen molar-refractivity contribution in [3.8, 4) is 0 Å². The molecule has 0 saturated carbocycles. The molecule has 1 unspecified atom stereocenters. The van der Waals surface area contributed by atoms with Crippen molar-refractivity contribution in [1.29, 1.82) is 0 Å². The molecule has 2 rings (SSSR count). The van der Waals surface area contributed by atoms with Crippen molar-refractivity contribution in [1.82, 2.24) is 0 Å². The molecule has 6 nitrogen and oxygen atoms in total. The molecule has 0 bridgehead atoms. The van der Waals surface area contributed by atoms with Crippen LogP contribution in [-0.2, 0) is 14.3 Å². The highest BCUT2D eigenvalue weighted by Crippen LogP contribution is 2.30. The van der Waals surface area contributed by atoms with Crippen LogP contribution in [0.4, 0.5) is 0 Å². The van der Waals surface area contributed by atoms with E-state index in [2.05, 4.69) is 9.47 Å². The van der Waals surface area contributed by atoms with E-state index < -0.39 is 36.7 Å². The van der Waals surface area contributed by atoms with Crippen LogP contribution in [0.3, 0.4) is 0 Å². The van der Waals surface area contributed by atoms with Crippen LogP contribution in [0.15, 0.2) is 0 Å². The van der Waals surface area contributed by atoms with Crippen molar-refractivity contribution in [3.05, 3.63) is 0 Å². The average molecular weight is 176 g/mol. The Hall–Kier alpha value is -0.690. The van der Waals surface area contributed by atoms with Crippen LogP contribution in [0.2, 0.25) is 0 Å². The highest BCUT2D eigenvalue weighted by Gasteiger charge is 2.56. The minimum atomic E-state index is -1.40. The first kappa shape index (κ1) is 7.93. The summed E-state index contributed by atoms with van der Waals surface area (Å²) in [5.74, 6) is -0.823. The van der Waals surface area contributed by atoms with Gasteiger partial charge in [0.15, 0.2) is 18.5 Å². The lowest BCUT2D eigenvalue weighted by molar-refractivity contribution is -0.168. The molecule has 2 fully saturated rings.